The van der Waals surface area contributed by atoms with Crippen LogP contribution in [0.15, 0.2) is 24.3 Å². The van der Waals surface area contributed by atoms with Gasteiger partial charge in [-0.15, -0.1) is 5.10 Å². The minimum absolute atomic E-state index is 0.372. The molecule has 0 radical (unpaired) electrons. The fourth-order valence-electron chi connectivity index (χ4n) is 2.03. The molecule has 122 valence electrons. The Morgan fingerprint density at radius 2 is 1.91 bits per heavy atom. The minimum atomic E-state index is -4.67. The summed E-state index contributed by atoms with van der Waals surface area (Å²) in [6.07, 6.45) is -6.35. The van der Waals surface area contributed by atoms with Crippen LogP contribution in [-0.2, 0) is 11.0 Å². The van der Waals surface area contributed by atoms with Gasteiger partial charge in [0.25, 0.3) is 5.91 Å². The van der Waals surface area contributed by atoms with E-state index in [0.717, 1.165) is 0 Å². The average molecular weight is 328 g/mol. The molecule has 3 rings (SSSR count). The number of carbonyl (C=O) groups is 1. The second kappa shape index (κ2) is 5.45. The zero-order valence-corrected chi connectivity index (χ0v) is 11.7. The number of nitrogens with zero attached hydrogens (tertiary/aromatic N) is 2. The summed E-state index contributed by atoms with van der Waals surface area (Å²) in [6, 6.07) is 6.76. The Kier molecular flexibility index (Phi) is 3.58. The average Bonchev–Trinajstić information content (AvgIpc) is 2.95. The Labute approximate surface area is 127 Å². The molecule has 23 heavy (non-hydrogen) atoms. The maximum Gasteiger partial charge on any atom is 0.451 e. The molecule has 0 saturated carbocycles. The number of ether oxygens (including phenoxy) is 2. The summed E-state index contributed by atoms with van der Waals surface area (Å²) < 4.78 is 48.4. The Bertz CT molecular complexity index is 731. The molecule has 0 bridgehead atoms. The number of rotatable bonds is 2. The molecule has 1 aromatic heterocycles. The molecule has 2 aromatic rings. The van der Waals surface area contributed by atoms with E-state index in [2.05, 4.69) is 15.4 Å². The van der Waals surface area contributed by atoms with Gasteiger partial charge in [-0.25, -0.2) is 0 Å². The number of aromatic amines is 1. The van der Waals surface area contributed by atoms with Gasteiger partial charge in [-0.05, 0) is 19.1 Å². The first kappa shape index (κ1) is 15.1. The molecule has 2 atom stereocenters. The van der Waals surface area contributed by atoms with E-state index in [1.807, 2.05) is 0 Å². The van der Waals surface area contributed by atoms with Gasteiger partial charge in [-0.1, -0.05) is 12.1 Å². The smallest absolute Gasteiger partial charge is 0.451 e. The highest BCUT2D eigenvalue weighted by molar-refractivity contribution is 5.93. The number of anilines is 1. The third-order valence-electron chi connectivity index (χ3n) is 3.09. The van der Waals surface area contributed by atoms with E-state index in [9.17, 15) is 18.0 Å². The van der Waals surface area contributed by atoms with Gasteiger partial charge in [0.15, 0.2) is 11.5 Å². The lowest BCUT2D eigenvalue weighted by molar-refractivity contribution is -0.144. The minimum Gasteiger partial charge on any atom is -0.482 e. The number of halogens is 3. The number of benzene rings is 1. The number of carbonyl (C=O) groups excluding carboxylic acids is 1. The maximum absolute atomic E-state index is 12.4. The molecule has 0 fully saturated rings. The van der Waals surface area contributed by atoms with Crippen molar-refractivity contribution in [2.75, 3.05) is 5.32 Å². The number of H-pyrrole nitrogens is 1. The van der Waals surface area contributed by atoms with E-state index in [1.54, 1.807) is 36.3 Å². The quantitative estimate of drug-likeness (QED) is 0.880. The van der Waals surface area contributed by atoms with Crippen molar-refractivity contribution in [3.63, 3.8) is 0 Å². The predicted molar refractivity (Wildman–Crippen MR) is 71.0 cm³/mol. The molecule has 2 N–H and O–H groups in total. The first-order valence-electron chi connectivity index (χ1n) is 6.57. The van der Waals surface area contributed by atoms with Crippen molar-refractivity contribution in [3.05, 3.63) is 30.1 Å². The fraction of sp³-hybridized carbons (Fsp3) is 0.308. The van der Waals surface area contributed by atoms with Gasteiger partial charge in [0.1, 0.15) is 6.10 Å². The number of fused-ring (bicyclic) bond motifs is 1. The van der Waals surface area contributed by atoms with Crippen molar-refractivity contribution < 1.29 is 27.4 Å². The van der Waals surface area contributed by atoms with Crippen LogP contribution in [-0.4, -0.2) is 33.3 Å². The topological polar surface area (TPSA) is 89.1 Å². The van der Waals surface area contributed by atoms with E-state index in [0.29, 0.717) is 11.5 Å². The summed E-state index contributed by atoms with van der Waals surface area (Å²) in [7, 11) is 0. The Morgan fingerprint density at radius 3 is 2.52 bits per heavy atom. The van der Waals surface area contributed by atoms with Crippen molar-refractivity contribution in [1.29, 1.82) is 0 Å². The van der Waals surface area contributed by atoms with Crippen LogP contribution >= 0.6 is 0 Å². The van der Waals surface area contributed by atoms with Gasteiger partial charge in [0, 0.05) is 0 Å². The van der Waals surface area contributed by atoms with Gasteiger partial charge in [-0.2, -0.15) is 18.2 Å². The lowest BCUT2D eigenvalue weighted by Crippen LogP contribution is -2.46. The third kappa shape index (κ3) is 3.05. The molecule has 7 nitrogen and oxygen atoms in total. The Hall–Kier alpha value is -2.78. The molecule has 0 saturated heterocycles. The molecule has 10 heteroatoms. The van der Waals surface area contributed by atoms with Crippen LogP contribution in [0.2, 0.25) is 0 Å². The summed E-state index contributed by atoms with van der Waals surface area (Å²) >= 11 is 0. The van der Waals surface area contributed by atoms with E-state index in [-0.39, 0.29) is 0 Å². The molecule has 1 aliphatic rings. The number of amides is 1. The van der Waals surface area contributed by atoms with Crippen molar-refractivity contribution in [3.8, 4) is 11.5 Å². The van der Waals surface area contributed by atoms with Crippen molar-refractivity contribution in [2.24, 2.45) is 0 Å². The standard InChI is InChI=1S/C13H11F3N4O3/c1-6-9(23-8-5-3-2-4-7(8)22-6)10(21)17-12-18-11(19-20-12)13(14,15)16/h2-6,9H,1H3,(H2,17,18,19,20,21)/t6-,9+/m0/s1. The highest BCUT2D eigenvalue weighted by atomic mass is 19.4. The number of nitrogens with one attached hydrogen (secondary N) is 2. The first-order valence-corrected chi connectivity index (χ1v) is 6.57. The normalized spacial score (nSPS) is 20.2. The lowest BCUT2D eigenvalue weighted by atomic mass is 10.1. The summed E-state index contributed by atoms with van der Waals surface area (Å²) in [5.41, 5.74) is 0. The van der Waals surface area contributed by atoms with Crippen LogP contribution in [0.1, 0.15) is 12.7 Å². The van der Waals surface area contributed by atoms with Crippen molar-refractivity contribution in [1.82, 2.24) is 15.2 Å². The van der Waals surface area contributed by atoms with Crippen LogP contribution < -0.4 is 14.8 Å². The van der Waals surface area contributed by atoms with E-state index < -0.39 is 36.1 Å². The summed E-state index contributed by atoms with van der Waals surface area (Å²) in [5.74, 6) is -1.64. The van der Waals surface area contributed by atoms with Crippen LogP contribution in [0.3, 0.4) is 0 Å². The SMILES string of the molecule is C[C@@H]1Oc2ccccc2O[C@H]1C(=O)Nc1n[nH]c(C(F)(F)F)n1. The Balaban J connectivity index is 1.72. The first-order chi connectivity index (χ1) is 10.8. The molecule has 0 unspecified atom stereocenters. The van der Waals surface area contributed by atoms with Crippen LogP contribution in [0.25, 0.3) is 0 Å². The van der Waals surface area contributed by atoms with Crippen molar-refractivity contribution in [2.45, 2.75) is 25.3 Å². The fourth-order valence-corrected chi connectivity index (χ4v) is 2.03. The number of para-hydroxylation sites is 2. The maximum atomic E-state index is 12.4. The lowest BCUT2D eigenvalue weighted by Gasteiger charge is -2.30. The molecule has 2 heterocycles. The molecular formula is C13H11F3N4O3. The van der Waals surface area contributed by atoms with Gasteiger partial charge < -0.3 is 9.47 Å². The highest BCUT2D eigenvalue weighted by Gasteiger charge is 2.37. The van der Waals surface area contributed by atoms with E-state index in [4.69, 9.17) is 9.47 Å². The van der Waals surface area contributed by atoms with E-state index >= 15 is 0 Å². The molecule has 1 aromatic carbocycles. The van der Waals surface area contributed by atoms with Crippen LogP contribution in [0.5, 0.6) is 11.5 Å². The van der Waals surface area contributed by atoms with Gasteiger partial charge in [0.05, 0.1) is 0 Å². The molecule has 1 aliphatic heterocycles. The predicted octanol–water partition coefficient (Wildman–Crippen LogP) is 1.99. The van der Waals surface area contributed by atoms with E-state index in [1.165, 1.54) is 0 Å². The second-order valence-electron chi connectivity index (χ2n) is 4.80. The number of aromatic nitrogens is 3. The largest absolute Gasteiger partial charge is 0.482 e. The van der Waals surface area contributed by atoms with Crippen LogP contribution in [0, 0.1) is 0 Å². The molecule has 0 spiro atoms. The highest BCUT2D eigenvalue weighted by Crippen LogP contribution is 2.33. The van der Waals surface area contributed by atoms with Crippen LogP contribution in [0.4, 0.5) is 19.1 Å². The van der Waals surface area contributed by atoms with Gasteiger partial charge in [0.2, 0.25) is 17.9 Å². The molecular weight excluding hydrogens is 317 g/mol. The van der Waals surface area contributed by atoms with Gasteiger partial charge >= 0.3 is 6.18 Å². The Morgan fingerprint density at radius 1 is 1.26 bits per heavy atom. The summed E-state index contributed by atoms with van der Waals surface area (Å²) in [4.78, 5) is 15.3. The second-order valence-corrected chi connectivity index (χ2v) is 4.80. The van der Waals surface area contributed by atoms with Gasteiger partial charge in [-0.3, -0.25) is 15.2 Å². The number of hydrogen-bond acceptors (Lipinski definition) is 5. The zero-order valence-electron chi connectivity index (χ0n) is 11.7. The summed E-state index contributed by atoms with van der Waals surface area (Å²) in [5, 5.41) is 7.18. The summed E-state index contributed by atoms with van der Waals surface area (Å²) in [6.45, 7) is 1.61. The molecule has 0 aliphatic carbocycles. The van der Waals surface area contributed by atoms with Crippen molar-refractivity contribution >= 4 is 11.9 Å². The number of hydrogen-bond donors (Lipinski definition) is 2. The monoisotopic (exact) mass is 328 g/mol. The zero-order chi connectivity index (χ0) is 16.6. The molecule has 1 amide bonds. The third-order valence-corrected chi connectivity index (χ3v) is 3.09. The number of alkyl halides is 3.